The second-order valence-electron chi connectivity index (χ2n) is 7.21. The average molecular weight is 474 g/mol. The van der Waals surface area contributed by atoms with Crippen molar-refractivity contribution in [3.63, 3.8) is 0 Å². The Bertz CT molecular complexity index is 1090. The zero-order valence-electron chi connectivity index (χ0n) is 18.5. The van der Waals surface area contributed by atoms with Crippen molar-refractivity contribution < 1.29 is 23.4 Å². The number of rotatable bonds is 7. The zero-order chi connectivity index (χ0) is 23.4. The summed E-state index contributed by atoms with van der Waals surface area (Å²) in [5.41, 5.74) is 1.33. The number of ether oxygens (including phenoxy) is 3. The van der Waals surface area contributed by atoms with E-state index in [1.54, 1.807) is 24.3 Å². The molecule has 11 heteroatoms. The van der Waals surface area contributed by atoms with E-state index < -0.39 is 0 Å². The van der Waals surface area contributed by atoms with Crippen LogP contribution in [0.1, 0.15) is 10.4 Å². The Labute approximate surface area is 194 Å². The van der Waals surface area contributed by atoms with Gasteiger partial charge >= 0.3 is 0 Å². The van der Waals surface area contributed by atoms with Crippen molar-refractivity contribution in [1.82, 2.24) is 10.2 Å². The van der Waals surface area contributed by atoms with E-state index in [1.807, 2.05) is 0 Å². The Hall–Kier alpha value is -3.60. The van der Waals surface area contributed by atoms with E-state index in [0.717, 1.165) is 37.0 Å². The molecular weight excluding hydrogens is 449 g/mol. The molecule has 1 aromatic heterocycles. The van der Waals surface area contributed by atoms with Crippen LogP contribution < -0.4 is 29.3 Å². The molecule has 4 rings (SSSR count). The second kappa shape index (κ2) is 9.90. The molecule has 2 aromatic carbocycles. The van der Waals surface area contributed by atoms with E-state index in [2.05, 4.69) is 25.3 Å². The smallest absolute Gasteiger partial charge is 0.257 e. The average Bonchev–Trinajstić information content (AvgIpc) is 3.32. The largest absolute Gasteiger partial charge is 0.493 e. The summed E-state index contributed by atoms with van der Waals surface area (Å²) in [6, 6.07) is 9.66. The van der Waals surface area contributed by atoms with Crippen LogP contribution in [0.2, 0.25) is 0 Å². The lowest BCUT2D eigenvalue weighted by atomic mass is 10.1. The third-order valence-electron chi connectivity index (χ3n) is 5.30. The van der Waals surface area contributed by atoms with Crippen LogP contribution in [0.3, 0.4) is 0 Å². The van der Waals surface area contributed by atoms with Crippen LogP contribution in [0, 0.1) is 5.82 Å². The quantitative estimate of drug-likeness (QED) is 0.559. The lowest BCUT2D eigenvalue weighted by Gasteiger charge is -2.35. The van der Waals surface area contributed by atoms with Crippen LogP contribution in [0.5, 0.6) is 17.2 Å². The van der Waals surface area contributed by atoms with E-state index in [1.165, 1.54) is 44.8 Å². The Balaban J connectivity index is 1.40. The topological polar surface area (TPSA) is 89.0 Å². The van der Waals surface area contributed by atoms with Crippen LogP contribution in [0.25, 0.3) is 0 Å². The summed E-state index contributed by atoms with van der Waals surface area (Å²) in [5.74, 6) is 0.581. The summed E-state index contributed by atoms with van der Waals surface area (Å²) in [5, 5.41) is 12.3. The summed E-state index contributed by atoms with van der Waals surface area (Å²) < 4.78 is 29.1. The molecule has 9 nitrogen and oxygen atoms in total. The van der Waals surface area contributed by atoms with Gasteiger partial charge in [0.2, 0.25) is 16.0 Å². The standard InChI is InChI=1S/C22H24FN5O4S/c1-30-17-12-14(13-18(31-2)19(17)32-3)20(29)24-21-25-26-22(33-21)28-10-8-27(9-11-28)16-6-4-15(23)5-7-16/h4-7,12-13H,8-11H2,1-3H3,(H,24,25,29). The minimum Gasteiger partial charge on any atom is -0.493 e. The number of nitrogens with zero attached hydrogens (tertiary/aromatic N) is 4. The highest BCUT2D eigenvalue weighted by atomic mass is 32.1. The molecule has 2 heterocycles. The van der Waals surface area contributed by atoms with Crippen LogP contribution in [0.15, 0.2) is 36.4 Å². The molecule has 1 aliphatic rings. The van der Waals surface area contributed by atoms with Crippen LogP contribution in [-0.4, -0.2) is 63.6 Å². The van der Waals surface area contributed by atoms with Crippen molar-refractivity contribution in [3.8, 4) is 17.2 Å². The highest BCUT2D eigenvalue weighted by molar-refractivity contribution is 7.19. The number of hydrogen-bond donors (Lipinski definition) is 1. The van der Waals surface area contributed by atoms with E-state index in [-0.39, 0.29) is 11.7 Å². The van der Waals surface area contributed by atoms with E-state index >= 15 is 0 Å². The molecular formula is C22H24FN5O4S. The summed E-state index contributed by atoms with van der Waals surface area (Å²) in [6.07, 6.45) is 0. The normalized spacial score (nSPS) is 13.6. The van der Waals surface area contributed by atoms with Gasteiger partial charge in [-0.25, -0.2) is 4.39 Å². The molecule has 174 valence electrons. The SMILES string of the molecule is COc1cc(C(=O)Nc2nnc(N3CCN(c4ccc(F)cc4)CC3)s2)cc(OC)c1OC. The molecule has 3 aromatic rings. The third kappa shape index (κ3) is 4.92. The first kappa shape index (κ1) is 22.6. The van der Waals surface area contributed by atoms with Crippen LogP contribution in [0.4, 0.5) is 20.3 Å². The Morgan fingerprint density at radius 3 is 2.12 bits per heavy atom. The first-order valence-electron chi connectivity index (χ1n) is 10.2. The number of carbonyl (C=O) groups excluding carboxylic acids is 1. The molecule has 0 unspecified atom stereocenters. The van der Waals surface area contributed by atoms with Gasteiger partial charge in [0.15, 0.2) is 11.5 Å². The second-order valence-corrected chi connectivity index (χ2v) is 8.16. The van der Waals surface area contributed by atoms with Gasteiger partial charge in [0.25, 0.3) is 5.91 Å². The molecule has 1 N–H and O–H groups in total. The van der Waals surface area contributed by atoms with Crippen molar-refractivity contribution in [2.24, 2.45) is 0 Å². The fourth-order valence-electron chi connectivity index (χ4n) is 3.58. The Kier molecular flexibility index (Phi) is 6.78. The van der Waals surface area contributed by atoms with Crippen LogP contribution in [-0.2, 0) is 0 Å². The minimum absolute atomic E-state index is 0.243. The third-order valence-corrected chi connectivity index (χ3v) is 6.20. The summed E-state index contributed by atoms with van der Waals surface area (Å²) >= 11 is 1.31. The molecule has 1 fully saturated rings. The monoisotopic (exact) mass is 473 g/mol. The molecule has 0 radical (unpaired) electrons. The molecule has 0 bridgehead atoms. The number of carbonyl (C=O) groups is 1. The highest BCUT2D eigenvalue weighted by Crippen LogP contribution is 2.38. The van der Waals surface area contributed by atoms with Crippen LogP contribution >= 0.6 is 11.3 Å². The summed E-state index contributed by atoms with van der Waals surface area (Å²) in [7, 11) is 4.49. The number of nitrogens with one attached hydrogen (secondary N) is 1. The number of methoxy groups -OCH3 is 3. The molecule has 1 amide bonds. The number of aromatic nitrogens is 2. The maximum absolute atomic E-state index is 13.2. The van der Waals surface area contributed by atoms with Gasteiger partial charge in [-0.15, -0.1) is 10.2 Å². The Morgan fingerprint density at radius 2 is 1.55 bits per heavy atom. The predicted molar refractivity (Wildman–Crippen MR) is 125 cm³/mol. The van der Waals surface area contributed by atoms with Gasteiger partial charge < -0.3 is 24.0 Å². The summed E-state index contributed by atoms with van der Waals surface area (Å²) in [4.78, 5) is 17.1. The van der Waals surface area contributed by atoms with Gasteiger partial charge in [0.1, 0.15) is 5.82 Å². The first-order chi connectivity index (χ1) is 16.0. The molecule has 0 atom stereocenters. The highest BCUT2D eigenvalue weighted by Gasteiger charge is 2.22. The number of benzene rings is 2. The number of halogens is 1. The first-order valence-corrected chi connectivity index (χ1v) is 11.0. The molecule has 1 aliphatic heterocycles. The minimum atomic E-state index is -0.363. The fraction of sp³-hybridized carbons (Fsp3) is 0.318. The van der Waals surface area contributed by atoms with Gasteiger partial charge in [0.05, 0.1) is 21.3 Å². The predicted octanol–water partition coefficient (Wildman–Crippen LogP) is 3.28. The molecule has 1 saturated heterocycles. The van der Waals surface area contributed by atoms with Gasteiger partial charge in [-0.3, -0.25) is 10.1 Å². The van der Waals surface area contributed by atoms with E-state index in [0.29, 0.717) is 27.9 Å². The molecule has 0 aliphatic carbocycles. The Morgan fingerprint density at radius 1 is 0.939 bits per heavy atom. The lowest BCUT2D eigenvalue weighted by Crippen LogP contribution is -2.46. The zero-order valence-corrected chi connectivity index (χ0v) is 19.3. The molecule has 33 heavy (non-hydrogen) atoms. The van der Waals surface area contributed by atoms with Crippen molar-refractivity contribution in [3.05, 3.63) is 47.8 Å². The van der Waals surface area contributed by atoms with Gasteiger partial charge in [0, 0.05) is 37.4 Å². The molecule has 0 spiro atoms. The van der Waals surface area contributed by atoms with Crippen molar-refractivity contribution >= 4 is 33.2 Å². The van der Waals surface area contributed by atoms with Crippen molar-refractivity contribution in [2.75, 3.05) is 62.6 Å². The number of amides is 1. The summed E-state index contributed by atoms with van der Waals surface area (Å²) in [6.45, 7) is 3.04. The van der Waals surface area contributed by atoms with Gasteiger partial charge in [-0.1, -0.05) is 11.3 Å². The molecule has 0 saturated carbocycles. The maximum atomic E-state index is 13.2. The van der Waals surface area contributed by atoms with Gasteiger partial charge in [-0.2, -0.15) is 0 Å². The van der Waals surface area contributed by atoms with E-state index in [9.17, 15) is 9.18 Å². The van der Waals surface area contributed by atoms with E-state index in [4.69, 9.17) is 14.2 Å². The maximum Gasteiger partial charge on any atom is 0.257 e. The number of anilines is 3. The number of piperazine rings is 1. The van der Waals surface area contributed by atoms with Crippen molar-refractivity contribution in [1.29, 1.82) is 0 Å². The number of hydrogen-bond acceptors (Lipinski definition) is 9. The lowest BCUT2D eigenvalue weighted by molar-refractivity contribution is 0.102. The van der Waals surface area contributed by atoms with Crippen molar-refractivity contribution in [2.45, 2.75) is 0 Å². The van der Waals surface area contributed by atoms with Gasteiger partial charge in [-0.05, 0) is 36.4 Å². The fourth-order valence-corrected chi connectivity index (χ4v) is 4.37.